The quantitative estimate of drug-likeness (QED) is 0.0261. The molecule has 0 spiro atoms. The largest absolute Gasteiger partial charge is 0.462 e. The minimum atomic E-state index is -0.791. The molecule has 0 aliphatic rings. The van der Waals surface area contributed by atoms with Crippen molar-refractivity contribution >= 4 is 17.9 Å². The van der Waals surface area contributed by atoms with E-state index in [0.717, 1.165) is 141 Å². The van der Waals surface area contributed by atoms with Crippen molar-refractivity contribution in [3.8, 4) is 0 Å². The summed E-state index contributed by atoms with van der Waals surface area (Å²) in [4.78, 5) is 38.4. The molecule has 0 rings (SSSR count). The van der Waals surface area contributed by atoms with Crippen molar-refractivity contribution in [1.82, 2.24) is 0 Å². The van der Waals surface area contributed by atoms with E-state index in [4.69, 9.17) is 14.2 Å². The highest BCUT2D eigenvalue weighted by Gasteiger charge is 2.19. The maximum atomic E-state index is 12.9. The lowest BCUT2D eigenvalue weighted by Crippen LogP contribution is -2.30. The van der Waals surface area contributed by atoms with Gasteiger partial charge in [-0.05, 0) is 122 Å². The number of carbonyl (C=O) groups excluding carboxylic acids is 3. The summed E-state index contributed by atoms with van der Waals surface area (Å²) in [5, 5.41) is 0. The van der Waals surface area contributed by atoms with E-state index >= 15 is 0 Å². The highest BCUT2D eigenvalue weighted by atomic mass is 16.6. The van der Waals surface area contributed by atoms with E-state index in [0.29, 0.717) is 19.3 Å². The number of hydrogen-bond donors (Lipinski definition) is 0. The van der Waals surface area contributed by atoms with Crippen LogP contribution in [0.15, 0.2) is 109 Å². The van der Waals surface area contributed by atoms with Crippen molar-refractivity contribution < 1.29 is 28.6 Å². The third-order valence-corrected chi connectivity index (χ3v) is 14.5. The lowest BCUT2D eigenvalue weighted by atomic mass is 10.0. The first kappa shape index (κ1) is 76.1. The van der Waals surface area contributed by atoms with Gasteiger partial charge >= 0.3 is 17.9 Å². The summed E-state index contributed by atoms with van der Waals surface area (Å²) in [6.07, 6.45) is 92.5. The summed E-state index contributed by atoms with van der Waals surface area (Å²) in [7, 11) is 0. The highest BCUT2D eigenvalue weighted by molar-refractivity contribution is 5.71. The van der Waals surface area contributed by atoms with E-state index in [1.54, 1.807) is 0 Å². The minimum Gasteiger partial charge on any atom is -0.462 e. The number of allylic oxidation sites excluding steroid dienone is 18. The van der Waals surface area contributed by atoms with Gasteiger partial charge in [0.1, 0.15) is 13.2 Å². The van der Waals surface area contributed by atoms with E-state index in [2.05, 4.69) is 130 Å². The van der Waals surface area contributed by atoms with Gasteiger partial charge in [0.2, 0.25) is 0 Å². The Balaban J connectivity index is 4.25. The summed E-state index contributed by atoms with van der Waals surface area (Å²) in [5.41, 5.74) is 0. The van der Waals surface area contributed by atoms with Crippen LogP contribution >= 0.6 is 0 Å². The maximum absolute atomic E-state index is 12.9. The second kappa shape index (κ2) is 67.6. The van der Waals surface area contributed by atoms with Gasteiger partial charge in [-0.25, -0.2) is 0 Å². The first-order chi connectivity index (χ1) is 39.5. The normalized spacial score (nSPS) is 12.8. The molecule has 0 aliphatic heterocycles. The maximum Gasteiger partial charge on any atom is 0.306 e. The van der Waals surface area contributed by atoms with Gasteiger partial charge in [-0.1, -0.05) is 291 Å². The molecule has 0 fully saturated rings. The van der Waals surface area contributed by atoms with Crippen molar-refractivity contribution in [2.45, 2.75) is 329 Å². The summed E-state index contributed by atoms with van der Waals surface area (Å²) < 4.78 is 16.9. The average molecular weight is 1110 g/mol. The minimum absolute atomic E-state index is 0.0855. The summed E-state index contributed by atoms with van der Waals surface area (Å²) in [5.74, 6) is -0.901. The second-order valence-electron chi connectivity index (χ2n) is 22.3. The summed E-state index contributed by atoms with van der Waals surface area (Å²) in [6, 6.07) is 0. The monoisotopic (exact) mass is 1110 g/mol. The molecule has 0 amide bonds. The van der Waals surface area contributed by atoms with Crippen molar-refractivity contribution in [3.63, 3.8) is 0 Å². The standard InChI is InChI=1S/C74H126O6/c1-4-7-10-13-16-19-22-25-28-30-31-32-33-34-35-36-37-38-39-40-41-42-43-44-47-49-52-55-58-61-64-67-73(76)79-70-71(69-78-72(75)66-63-60-57-54-51-48-45-27-24-21-18-15-12-9-6-3)80-74(77)68-65-62-59-56-53-50-46-29-26-23-20-17-14-11-8-5-2/h7,9-10,12,16,18-19,21,25,27-29,31-32,34-35,45-46,71H,4-6,8,11,13-15,17,20,22-24,26,30,33,36-44,47-70H2,1-3H3/b10-7-,12-9-,19-16-,21-18-,28-25-,32-31-,35-34-,45-27-,46-29-. The fraction of sp³-hybridized carbons (Fsp3) is 0.716. The van der Waals surface area contributed by atoms with Crippen molar-refractivity contribution in [3.05, 3.63) is 109 Å². The number of hydrogen-bond acceptors (Lipinski definition) is 6. The first-order valence-electron chi connectivity index (χ1n) is 33.9. The molecule has 6 heteroatoms. The van der Waals surface area contributed by atoms with Crippen LogP contribution in [0.1, 0.15) is 323 Å². The van der Waals surface area contributed by atoms with Crippen LogP contribution in [0, 0.1) is 0 Å². The van der Waals surface area contributed by atoms with Gasteiger partial charge in [-0.15, -0.1) is 0 Å². The van der Waals surface area contributed by atoms with Crippen LogP contribution in [-0.2, 0) is 28.6 Å². The summed E-state index contributed by atoms with van der Waals surface area (Å²) in [6.45, 7) is 6.42. The zero-order valence-corrected chi connectivity index (χ0v) is 52.6. The molecule has 80 heavy (non-hydrogen) atoms. The van der Waals surface area contributed by atoms with Gasteiger partial charge in [-0.2, -0.15) is 0 Å². The molecule has 0 aromatic heterocycles. The van der Waals surface area contributed by atoms with Gasteiger partial charge in [-0.3, -0.25) is 14.4 Å². The zero-order chi connectivity index (χ0) is 57.8. The Kier molecular flexibility index (Phi) is 64.3. The Hall–Kier alpha value is -3.93. The van der Waals surface area contributed by atoms with Crippen LogP contribution < -0.4 is 0 Å². The first-order valence-corrected chi connectivity index (χ1v) is 33.9. The Morgan fingerprint density at radius 3 is 0.775 bits per heavy atom. The Bertz CT molecular complexity index is 1610. The van der Waals surface area contributed by atoms with Crippen LogP contribution in [0.25, 0.3) is 0 Å². The fourth-order valence-electron chi connectivity index (χ4n) is 9.48. The van der Waals surface area contributed by atoms with Crippen molar-refractivity contribution in [2.24, 2.45) is 0 Å². The van der Waals surface area contributed by atoms with Crippen molar-refractivity contribution in [2.75, 3.05) is 13.2 Å². The molecule has 6 nitrogen and oxygen atoms in total. The molecule has 0 saturated carbocycles. The average Bonchev–Trinajstić information content (AvgIpc) is 3.46. The number of rotatable bonds is 61. The van der Waals surface area contributed by atoms with E-state index in [9.17, 15) is 14.4 Å². The molecular formula is C74H126O6. The van der Waals surface area contributed by atoms with Crippen LogP contribution in [-0.4, -0.2) is 37.2 Å². The molecule has 1 unspecified atom stereocenters. The van der Waals surface area contributed by atoms with Crippen LogP contribution in [0.2, 0.25) is 0 Å². The Morgan fingerprint density at radius 1 is 0.263 bits per heavy atom. The molecule has 0 aromatic rings. The van der Waals surface area contributed by atoms with Crippen molar-refractivity contribution in [1.29, 1.82) is 0 Å². The van der Waals surface area contributed by atoms with E-state index < -0.39 is 6.10 Å². The number of ether oxygens (including phenoxy) is 3. The van der Waals surface area contributed by atoms with E-state index in [-0.39, 0.29) is 31.1 Å². The lowest BCUT2D eigenvalue weighted by Gasteiger charge is -2.18. The van der Waals surface area contributed by atoms with Gasteiger partial charge in [0.15, 0.2) is 6.10 Å². The summed E-state index contributed by atoms with van der Waals surface area (Å²) >= 11 is 0. The molecular weight excluding hydrogens is 985 g/mol. The van der Waals surface area contributed by atoms with Gasteiger partial charge in [0.25, 0.3) is 0 Å². The van der Waals surface area contributed by atoms with Crippen LogP contribution in [0.3, 0.4) is 0 Å². The van der Waals surface area contributed by atoms with E-state index in [1.165, 1.54) is 141 Å². The number of carbonyl (C=O) groups is 3. The Labute approximate surface area is 495 Å². The smallest absolute Gasteiger partial charge is 0.306 e. The zero-order valence-electron chi connectivity index (χ0n) is 52.6. The van der Waals surface area contributed by atoms with Crippen LogP contribution in [0.4, 0.5) is 0 Å². The fourth-order valence-corrected chi connectivity index (χ4v) is 9.48. The Morgan fingerprint density at radius 2 is 0.487 bits per heavy atom. The van der Waals surface area contributed by atoms with E-state index in [1.807, 2.05) is 0 Å². The highest BCUT2D eigenvalue weighted by Crippen LogP contribution is 2.17. The molecule has 0 radical (unpaired) electrons. The predicted octanol–water partition coefficient (Wildman–Crippen LogP) is 23.4. The molecule has 0 aliphatic carbocycles. The molecule has 458 valence electrons. The predicted molar refractivity (Wildman–Crippen MR) is 348 cm³/mol. The third kappa shape index (κ3) is 64.9. The molecule has 1 atom stereocenters. The number of esters is 3. The SMILES string of the molecule is CC/C=C\C/C=C\C/C=C\C/C=C\C/C=C\CCCCCCCCCCCCCCCCCC(=O)OCC(COC(=O)CCCCCCC/C=C\C/C=C\C/C=C\CC)OC(=O)CCCCCCC/C=C\CCCCCCCCC. The molecule has 0 bridgehead atoms. The molecule has 0 N–H and O–H groups in total. The number of unbranched alkanes of at least 4 members (excludes halogenated alkanes) is 32. The van der Waals surface area contributed by atoms with Gasteiger partial charge in [0, 0.05) is 19.3 Å². The van der Waals surface area contributed by atoms with Gasteiger partial charge in [0.05, 0.1) is 0 Å². The molecule has 0 heterocycles. The van der Waals surface area contributed by atoms with Gasteiger partial charge < -0.3 is 14.2 Å². The second-order valence-corrected chi connectivity index (χ2v) is 22.3. The lowest BCUT2D eigenvalue weighted by molar-refractivity contribution is -0.167. The van der Waals surface area contributed by atoms with Crippen LogP contribution in [0.5, 0.6) is 0 Å². The molecule has 0 aromatic carbocycles. The third-order valence-electron chi connectivity index (χ3n) is 14.5. The molecule has 0 saturated heterocycles. The topological polar surface area (TPSA) is 78.9 Å².